The molecule has 0 aromatic carbocycles. The number of carbonyl (C=O) groups is 5. The molecule has 172 valence electrons. The van der Waals surface area contributed by atoms with E-state index < -0.39 is 60.1 Å². The second-order valence-corrected chi connectivity index (χ2v) is 7.17. The second kappa shape index (κ2) is 14.3. The van der Waals surface area contributed by atoms with E-state index in [1.54, 1.807) is 13.8 Å². The standard InChI is InChI=1S/C18H33N5O7/c1-10(2)15(17(28)22-12(18(29)30)6-7-14(25)26)23-16(27)11(5-3-4-8-19)21-13(24)9-20/h10-12,15H,3-9,19-20H2,1-2H3,(H,21,24)(H,22,28)(H,23,27)(H,25,26)(H,29,30). The van der Waals surface area contributed by atoms with Crippen LogP contribution < -0.4 is 27.4 Å². The highest BCUT2D eigenvalue weighted by Crippen LogP contribution is 2.07. The molecule has 0 aliphatic heterocycles. The van der Waals surface area contributed by atoms with Gasteiger partial charge in [0.1, 0.15) is 18.1 Å². The maximum atomic E-state index is 12.7. The maximum absolute atomic E-state index is 12.7. The predicted molar refractivity (Wildman–Crippen MR) is 107 cm³/mol. The average Bonchev–Trinajstić information content (AvgIpc) is 2.67. The van der Waals surface area contributed by atoms with Gasteiger partial charge in [0, 0.05) is 6.42 Å². The highest BCUT2D eigenvalue weighted by Gasteiger charge is 2.31. The van der Waals surface area contributed by atoms with Crippen molar-refractivity contribution in [3.05, 3.63) is 0 Å². The minimum absolute atomic E-state index is 0.289. The zero-order valence-corrected chi connectivity index (χ0v) is 17.3. The predicted octanol–water partition coefficient (Wildman–Crippen LogP) is -1.87. The Hall–Kier alpha value is -2.73. The van der Waals surface area contributed by atoms with Gasteiger partial charge in [-0.25, -0.2) is 4.79 Å². The second-order valence-electron chi connectivity index (χ2n) is 7.17. The van der Waals surface area contributed by atoms with Crippen LogP contribution in [0.2, 0.25) is 0 Å². The highest BCUT2D eigenvalue weighted by molar-refractivity contribution is 5.93. The first-order valence-corrected chi connectivity index (χ1v) is 9.78. The molecule has 3 unspecified atom stereocenters. The van der Waals surface area contributed by atoms with Crippen molar-refractivity contribution in [2.45, 2.75) is 64.1 Å². The van der Waals surface area contributed by atoms with Gasteiger partial charge in [0.05, 0.1) is 6.54 Å². The molecule has 0 saturated heterocycles. The summed E-state index contributed by atoms with van der Waals surface area (Å²) in [6.07, 6.45) is 0.750. The zero-order chi connectivity index (χ0) is 23.3. The summed E-state index contributed by atoms with van der Waals surface area (Å²) >= 11 is 0. The summed E-state index contributed by atoms with van der Waals surface area (Å²) in [6, 6.07) is -3.43. The molecule has 12 nitrogen and oxygen atoms in total. The lowest BCUT2D eigenvalue weighted by Crippen LogP contribution is -2.57. The number of carbonyl (C=O) groups excluding carboxylic acids is 3. The summed E-state index contributed by atoms with van der Waals surface area (Å²) in [5.74, 6) is -4.89. The van der Waals surface area contributed by atoms with Crippen LogP contribution in [0.3, 0.4) is 0 Å². The van der Waals surface area contributed by atoms with Crippen molar-refractivity contribution < 1.29 is 34.2 Å². The molecule has 0 spiro atoms. The molecule has 0 aliphatic carbocycles. The Morgan fingerprint density at radius 1 is 0.833 bits per heavy atom. The molecule has 12 heteroatoms. The fourth-order valence-corrected chi connectivity index (χ4v) is 2.59. The van der Waals surface area contributed by atoms with Crippen LogP contribution in [0.5, 0.6) is 0 Å². The molecule has 0 bridgehead atoms. The van der Waals surface area contributed by atoms with Crippen LogP contribution >= 0.6 is 0 Å². The van der Waals surface area contributed by atoms with Gasteiger partial charge >= 0.3 is 11.9 Å². The summed E-state index contributed by atoms with van der Waals surface area (Å²) in [5, 5.41) is 25.2. The largest absolute Gasteiger partial charge is 0.481 e. The quantitative estimate of drug-likeness (QED) is 0.144. The first kappa shape index (κ1) is 27.3. The zero-order valence-electron chi connectivity index (χ0n) is 17.3. The Morgan fingerprint density at radius 2 is 1.47 bits per heavy atom. The maximum Gasteiger partial charge on any atom is 0.326 e. The minimum atomic E-state index is -1.41. The van der Waals surface area contributed by atoms with Crippen molar-refractivity contribution in [1.29, 1.82) is 0 Å². The topological polar surface area (TPSA) is 214 Å². The Morgan fingerprint density at radius 3 is 1.93 bits per heavy atom. The fourth-order valence-electron chi connectivity index (χ4n) is 2.59. The van der Waals surface area contributed by atoms with Gasteiger partial charge in [-0.1, -0.05) is 13.8 Å². The number of hydrogen-bond acceptors (Lipinski definition) is 7. The highest BCUT2D eigenvalue weighted by atomic mass is 16.4. The molecule has 3 amide bonds. The molecule has 0 saturated carbocycles. The van der Waals surface area contributed by atoms with Crippen LogP contribution in [0.15, 0.2) is 0 Å². The van der Waals surface area contributed by atoms with Crippen molar-refractivity contribution in [3.63, 3.8) is 0 Å². The number of nitrogens with one attached hydrogen (secondary N) is 3. The van der Waals surface area contributed by atoms with Gasteiger partial charge in [0.15, 0.2) is 0 Å². The molecular formula is C18H33N5O7. The number of rotatable bonds is 15. The molecule has 0 radical (unpaired) electrons. The molecule has 30 heavy (non-hydrogen) atoms. The van der Waals surface area contributed by atoms with E-state index in [1.165, 1.54) is 0 Å². The third-order valence-electron chi connectivity index (χ3n) is 4.29. The smallest absolute Gasteiger partial charge is 0.326 e. The van der Waals surface area contributed by atoms with E-state index >= 15 is 0 Å². The van der Waals surface area contributed by atoms with E-state index in [4.69, 9.17) is 16.6 Å². The molecule has 3 atom stereocenters. The van der Waals surface area contributed by atoms with Gasteiger partial charge in [-0.05, 0) is 38.1 Å². The van der Waals surface area contributed by atoms with E-state index in [1.807, 2.05) is 0 Å². The lowest BCUT2D eigenvalue weighted by atomic mass is 10.0. The van der Waals surface area contributed by atoms with Crippen LogP contribution in [-0.2, 0) is 24.0 Å². The van der Waals surface area contributed by atoms with Crippen molar-refractivity contribution in [3.8, 4) is 0 Å². The van der Waals surface area contributed by atoms with E-state index in [9.17, 15) is 29.1 Å². The van der Waals surface area contributed by atoms with Crippen LogP contribution in [0.25, 0.3) is 0 Å². The summed E-state index contributed by atoms with van der Waals surface area (Å²) in [4.78, 5) is 58.9. The normalized spacial score (nSPS) is 13.8. The van der Waals surface area contributed by atoms with Gasteiger partial charge in [0.2, 0.25) is 17.7 Å². The summed E-state index contributed by atoms with van der Waals surface area (Å²) in [7, 11) is 0. The molecule has 0 heterocycles. The van der Waals surface area contributed by atoms with Crippen LogP contribution in [0, 0.1) is 5.92 Å². The third kappa shape index (κ3) is 10.7. The van der Waals surface area contributed by atoms with E-state index in [0.717, 1.165) is 0 Å². The number of carboxylic acid groups (broad SMARTS) is 2. The number of aliphatic carboxylic acids is 2. The number of amides is 3. The monoisotopic (exact) mass is 431 g/mol. The Labute approximate surface area is 175 Å². The Bertz CT molecular complexity index is 612. The number of nitrogens with two attached hydrogens (primary N) is 2. The summed E-state index contributed by atoms with van der Waals surface area (Å²) < 4.78 is 0. The first-order valence-electron chi connectivity index (χ1n) is 9.78. The summed E-state index contributed by atoms with van der Waals surface area (Å²) in [6.45, 7) is 3.42. The number of carboxylic acids is 2. The van der Waals surface area contributed by atoms with E-state index in [-0.39, 0.29) is 19.4 Å². The van der Waals surface area contributed by atoms with Gasteiger partial charge in [-0.15, -0.1) is 0 Å². The molecule has 0 aliphatic rings. The molecule has 9 N–H and O–H groups in total. The van der Waals surface area contributed by atoms with E-state index in [2.05, 4.69) is 16.0 Å². The number of unbranched alkanes of at least 4 members (excludes halogenated alkanes) is 1. The van der Waals surface area contributed by atoms with Gasteiger partial charge in [-0.2, -0.15) is 0 Å². The van der Waals surface area contributed by atoms with Crippen molar-refractivity contribution in [2.24, 2.45) is 17.4 Å². The molecule has 0 fully saturated rings. The lowest BCUT2D eigenvalue weighted by molar-refractivity contribution is -0.143. The van der Waals surface area contributed by atoms with Gasteiger partial charge in [-0.3, -0.25) is 19.2 Å². The fraction of sp³-hybridized carbons (Fsp3) is 0.722. The Balaban J connectivity index is 5.23. The molecule has 0 aromatic rings. The van der Waals surface area contributed by atoms with Gasteiger partial charge < -0.3 is 37.6 Å². The number of hydrogen-bond donors (Lipinski definition) is 7. The molecule has 0 aromatic heterocycles. The third-order valence-corrected chi connectivity index (χ3v) is 4.29. The van der Waals surface area contributed by atoms with Crippen molar-refractivity contribution in [1.82, 2.24) is 16.0 Å². The van der Waals surface area contributed by atoms with E-state index in [0.29, 0.717) is 19.4 Å². The van der Waals surface area contributed by atoms with Crippen LogP contribution in [-0.4, -0.2) is 71.1 Å². The van der Waals surface area contributed by atoms with Crippen LogP contribution in [0.1, 0.15) is 46.0 Å². The molecule has 0 rings (SSSR count). The SMILES string of the molecule is CC(C)C(NC(=O)C(CCCCN)NC(=O)CN)C(=O)NC(CCC(=O)O)C(=O)O. The van der Waals surface area contributed by atoms with Crippen molar-refractivity contribution in [2.75, 3.05) is 13.1 Å². The average molecular weight is 431 g/mol. The molecular weight excluding hydrogens is 398 g/mol. The first-order chi connectivity index (χ1) is 14.0. The van der Waals surface area contributed by atoms with Crippen LogP contribution in [0.4, 0.5) is 0 Å². The summed E-state index contributed by atoms with van der Waals surface area (Å²) in [5.41, 5.74) is 10.7. The lowest BCUT2D eigenvalue weighted by Gasteiger charge is -2.26. The Kier molecular flexibility index (Phi) is 13.0. The van der Waals surface area contributed by atoms with Crippen molar-refractivity contribution >= 4 is 29.7 Å². The van der Waals surface area contributed by atoms with Gasteiger partial charge in [0.25, 0.3) is 0 Å². The minimum Gasteiger partial charge on any atom is -0.481 e.